The molecular weight excluding hydrogens is 320 g/mol. The highest BCUT2D eigenvalue weighted by Gasteiger charge is 2.16. The number of carbonyl (C=O) groups excluding carboxylic acids is 1. The number of aromatic nitrogens is 2. The summed E-state index contributed by atoms with van der Waals surface area (Å²) in [6.45, 7) is 2.00. The molecule has 22 heavy (non-hydrogen) atoms. The molecule has 0 aliphatic carbocycles. The molecule has 0 radical (unpaired) electrons. The van der Waals surface area contributed by atoms with Crippen LogP contribution in [0.4, 0.5) is 0 Å². The summed E-state index contributed by atoms with van der Waals surface area (Å²) in [6, 6.07) is 5.14. The molecule has 0 saturated heterocycles. The molecule has 116 valence electrons. The summed E-state index contributed by atoms with van der Waals surface area (Å²) in [5.41, 5.74) is 0.329. The lowest BCUT2D eigenvalue weighted by atomic mass is 10.1. The Morgan fingerprint density at radius 1 is 1.45 bits per heavy atom. The molecule has 7 heteroatoms. The van der Waals surface area contributed by atoms with Crippen LogP contribution in [0, 0.1) is 0 Å². The minimum atomic E-state index is -1.22. The lowest BCUT2D eigenvalue weighted by Gasteiger charge is -2.06. The number of rotatable bonds is 6. The Hall–Kier alpha value is -1.73. The SMILES string of the molecule is CCSc1cccnc1C(=O)Cc1cc(S(C)=O)c[nH]c1=O. The van der Waals surface area contributed by atoms with Gasteiger partial charge in [0.1, 0.15) is 5.69 Å². The zero-order valence-electron chi connectivity index (χ0n) is 12.3. The minimum Gasteiger partial charge on any atom is -0.328 e. The number of nitrogens with zero attached hydrogens (tertiary/aromatic N) is 1. The van der Waals surface area contributed by atoms with Crippen LogP contribution >= 0.6 is 11.8 Å². The van der Waals surface area contributed by atoms with E-state index in [1.54, 1.807) is 12.3 Å². The van der Waals surface area contributed by atoms with Crippen molar-refractivity contribution in [2.24, 2.45) is 0 Å². The fourth-order valence-electron chi connectivity index (χ4n) is 1.93. The van der Waals surface area contributed by atoms with Gasteiger partial charge >= 0.3 is 0 Å². The van der Waals surface area contributed by atoms with Gasteiger partial charge in [0.2, 0.25) is 0 Å². The van der Waals surface area contributed by atoms with Gasteiger partial charge in [0, 0.05) is 35.5 Å². The van der Waals surface area contributed by atoms with E-state index in [9.17, 15) is 13.8 Å². The largest absolute Gasteiger partial charge is 0.328 e. The number of hydrogen-bond acceptors (Lipinski definition) is 5. The van der Waals surface area contributed by atoms with Gasteiger partial charge in [-0.25, -0.2) is 0 Å². The summed E-state index contributed by atoms with van der Waals surface area (Å²) in [4.78, 5) is 32.2. The monoisotopic (exact) mass is 336 g/mol. The number of hydrogen-bond donors (Lipinski definition) is 1. The third-order valence-electron chi connectivity index (χ3n) is 2.97. The first-order valence-corrected chi connectivity index (χ1v) is 9.23. The van der Waals surface area contributed by atoms with Gasteiger partial charge in [-0.2, -0.15) is 0 Å². The van der Waals surface area contributed by atoms with Gasteiger partial charge in [0.05, 0.1) is 15.7 Å². The van der Waals surface area contributed by atoms with Crippen LogP contribution < -0.4 is 5.56 Å². The highest BCUT2D eigenvalue weighted by atomic mass is 32.2. The van der Waals surface area contributed by atoms with Crippen molar-refractivity contribution >= 4 is 28.3 Å². The Bertz CT molecular complexity index is 771. The summed E-state index contributed by atoms with van der Waals surface area (Å²) in [5, 5.41) is 0. The van der Waals surface area contributed by atoms with E-state index < -0.39 is 10.8 Å². The third kappa shape index (κ3) is 3.92. The molecule has 0 saturated carbocycles. The van der Waals surface area contributed by atoms with Gasteiger partial charge in [-0.1, -0.05) is 6.92 Å². The Morgan fingerprint density at radius 3 is 2.91 bits per heavy atom. The van der Waals surface area contributed by atoms with Crippen LogP contribution in [0.15, 0.2) is 45.2 Å². The van der Waals surface area contributed by atoms with Gasteiger partial charge < -0.3 is 4.98 Å². The zero-order valence-corrected chi connectivity index (χ0v) is 13.9. The molecule has 0 aliphatic heterocycles. The normalized spacial score (nSPS) is 12.1. The average molecular weight is 336 g/mol. The van der Waals surface area contributed by atoms with E-state index in [1.807, 2.05) is 13.0 Å². The molecule has 2 aromatic rings. The Labute approximate surface area is 135 Å². The number of pyridine rings is 2. The van der Waals surface area contributed by atoms with Crippen LogP contribution in [-0.4, -0.2) is 32.0 Å². The van der Waals surface area contributed by atoms with Crippen molar-refractivity contribution in [2.45, 2.75) is 23.1 Å². The Morgan fingerprint density at radius 2 is 2.23 bits per heavy atom. The van der Waals surface area contributed by atoms with Crippen LogP contribution in [-0.2, 0) is 17.2 Å². The van der Waals surface area contributed by atoms with Crippen LogP contribution in [0.3, 0.4) is 0 Å². The van der Waals surface area contributed by atoms with Crippen LogP contribution in [0.5, 0.6) is 0 Å². The predicted molar refractivity (Wildman–Crippen MR) is 88.1 cm³/mol. The molecule has 1 unspecified atom stereocenters. The zero-order chi connectivity index (χ0) is 16.1. The Kier molecular flexibility index (Phi) is 5.68. The van der Waals surface area contributed by atoms with Gasteiger partial charge in [-0.05, 0) is 24.0 Å². The molecule has 2 aromatic heterocycles. The van der Waals surface area contributed by atoms with Crippen molar-refractivity contribution in [3.63, 3.8) is 0 Å². The van der Waals surface area contributed by atoms with E-state index in [2.05, 4.69) is 9.97 Å². The van der Waals surface area contributed by atoms with E-state index in [4.69, 9.17) is 0 Å². The minimum absolute atomic E-state index is 0.0609. The second-order valence-corrected chi connectivity index (χ2v) is 7.21. The van der Waals surface area contributed by atoms with E-state index in [1.165, 1.54) is 30.3 Å². The van der Waals surface area contributed by atoms with Crippen molar-refractivity contribution in [3.8, 4) is 0 Å². The van der Waals surface area contributed by atoms with Crippen molar-refractivity contribution in [1.29, 1.82) is 0 Å². The van der Waals surface area contributed by atoms with E-state index in [0.717, 1.165) is 10.6 Å². The first kappa shape index (κ1) is 16.6. The molecule has 1 atom stereocenters. The first-order chi connectivity index (χ1) is 10.5. The fourth-order valence-corrected chi connectivity index (χ4v) is 3.26. The van der Waals surface area contributed by atoms with Crippen LogP contribution in [0.25, 0.3) is 0 Å². The van der Waals surface area contributed by atoms with Crippen molar-refractivity contribution in [1.82, 2.24) is 9.97 Å². The smallest absolute Gasteiger partial charge is 0.251 e. The van der Waals surface area contributed by atoms with E-state index in [-0.39, 0.29) is 17.8 Å². The van der Waals surface area contributed by atoms with Gasteiger partial charge in [-0.15, -0.1) is 11.8 Å². The van der Waals surface area contributed by atoms with Crippen molar-refractivity contribution in [2.75, 3.05) is 12.0 Å². The number of aromatic amines is 1. The molecule has 5 nitrogen and oxygen atoms in total. The molecule has 2 heterocycles. The van der Waals surface area contributed by atoms with Gasteiger partial charge in [0.25, 0.3) is 5.56 Å². The number of carbonyl (C=O) groups is 1. The first-order valence-electron chi connectivity index (χ1n) is 6.69. The molecule has 0 aromatic carbocycles. The highest BCUT2D eigenvalue weighted by molar-refractivity contribution is 7.99. The van der Waals surface area contributed by atoms with Crippen molar-refractivity contribution < 1.29 is 9.00 Å². The van der Waals surface area contributed by atoms with E-state index in [0.29, 0.717) is 16.2 Å². The molecule has 0 spiro atoms. The molecular formula is C15H16N2O3S2. The summed E-state index contributed by atoms with van der Waals surface area (Å²) >= 11 is 1.54. The third-order valence-corrected chi connectivity index (χ3v) is 4.80. The molecule has 0 amide bonds. The summed E-state index contributed by atoms with van der Waals surface area (Å²) in [6.07, 6.45) is 4.43. The van der Waals surface area contributed by atoms with E-state index >= 15 is 0 Å². The lowest BCUT2D eigenvalue weighted by molar-refractivity contribution is 0.0984. The standard InChI is InChI=1S/C15H16N2O3S2/c1-3-21-13-5-4-6-16-14(13)12(18)8-10-7-11(22(2)20)9-17-15(10)19/h4-7,9H,3,8H2,1-2H3,(H,17,19). The number of ketones is 1. The van der Waals surface area contributed by atoms with Crippen LogP contribution in [0.2, 0.25) is 0 Å². The number of thioether (sulfide) groups is 1. The number of Topliss-reactive ketones (excluding diaryl/α,β-unsaturated/α-hetero) is 1. The van der Waals surface area contributed by atoms with Gasteiger partial charge in [0.15, 0.2) is 5.78 Å². The van der Waals surface area contributed by atoms with Gasteiger partial charge in [-0.3, -0.25) is 18.8 Å². The second kappa shape index (κ2) is 7.51. The predicted octanol–water partition coefficient (Wildman–Crippen LogP) is 2.04. The molecule has 0 fully saturated rings. The second-order valence-electron chi connectivity index (χ2n) is 4.53. The lowest BCUT2D eigenvalue weighted by Crippen LogP contribution is -2.18. The maximum Gasteiger partial charge on any atom is 0.251 e. The summed E-state index contributed by atoms with van der Waals surface area (Å²) < 4.78 is 11.5. The topological polar surface area (TPSA) is 79.9 Å². The molecule has 1 N–H and O–H groups in total. The Balaban J connectivity index is 2.31. The van der Waals surface area contributed by atoms with Crippen molar-refractivity contribution in [3.05, 3.63) is 52.2 Å². The summed E-state index contributed by atoms with van der Waals surface area (Å²) in [5.74, 6) is 0.609. The maximum atomic E-state index is 12.4. The average Bonchev–Trinajstić information content (AvgIpc) is 2.50. The maximum absolute atomic E-state index is 12.4. The molecule has 0 aliphatic rings. The molecule has 2 rings (SSSR count). The highest BCUT2D eigenvalue weighted by Crippen LogP contribution is 2.21. The number of H-pyrrole nitrogens is 1. The quantitative estimate of drug-likeness (QED) is 0.645. The molecule has 0 bridgehead atoms. The summed E-state index contributed by atoms with van der Waals surface area (Å²) in [7, 11) is -1.22. The number of nitrogens with one attached hydrogen (secondary N) is 1. The van der Waals surface area contributed by atoms with Crippen LogP contribution in [0.1, 0.15) is 23.0 Å². The fraction of sp³-hybridized carbons (Fsp3) is 0.267.